The van der Waals surface area contributed by atoms with E-state index in [0.29, 0.717) is 26.0 Å². The Morgan fingerprint density at radius 3 is 1.72 bits per heavy atom. The Balaban J connectivity index is 3.80. The van der Waals surface area contributed by atoms with Gasteiger partial charge >= 0.3 is 5.97 Å². The summed E-state index contributed by atoms with van der Waals surface area (Å²) in [6.07, 6.45) is 17.1. The first-order valence-electron chi connectivity index (χ1n) is 12.1. The number of rotatable bonds is 21. The van der Waals surface area contributed by atoms with Gasteiger partial charge in [-0.3, -0.25) is 9.59 Å². The minimum absolute atomic E-state index is 0.0304. The van der Waals surface area contributed by atoms with Crippen molar-refractivity contribution in [1.29, 1.82) is 0 Å². The number of carbonyl (C=O) groups is 2. The molecule has 0 aliphatic heterocycles. The molecule has 0 saturated heterocycles. The van der Waals surface area contributed by atoms with Crippen LogP contribution in [0.5, 0.6) is 0 Å². The standard InChI is InChI=1S/C24H47NO4/c1-4-6-8-10-12-14-16-18-23(26)25-20-22(21-28-3)29-24(27)19-17-15-13-11-9-7-5-2/h22H,4-21H2,1-3H3,(H,25,26)/t22-/m0/s1. The zero-order valence-corrected chi connectivity index (χ0v) is 19.4. The van der Waals surface area contributed by atoms with E-state index < -0.39 is 6.10 Å². The molecule has 0 aromatic rings. The molecule has 1 amide bonds. The second-order valence-corrected chi connectivity index (χ2v) is 8.11. The molecule has 0 radical (unpaired) electrons. The molecule has 5 heteroatoms. The Labute approximate surface area is 179 Å². The van der Waals surface area contributed by atoms with Crippen molar-refractivity contribution in [1.82, 2.24) is 5.32 Å². The van der Waals surface area contributed by atoms with Gasteiger partial charge in [0.05, 0.1) is 13.2 Å². The molecular formula is C24H47NO4. The fraction of sp³-hybridized carbons (Fsp3) is 0.917. The summed E-state index contributed by atoms with van der Waals surface area (Å²) in [4.78, 5) is 24.0. The van der Waals surface area contributed by atoms with Crippen molar-refractivity contribution in [3.63, 3.8) is 0 Å². The molecule has 0 aromatic heterocycles. The molecule has 1 atom stereocenters. The maximum atomic E-state index is 12.0. The van der Waals surface area contributed by atoms with Gasteiger partial charge in [-0.05, 0) is 12.8 Å². The van der Waals surface area contributed by atoms with E-state index in [0.717, 1.165) is 25.7 Å². The Morgan fingerprint density at radius 2 is 1.21 bits per heavy atom. The molecule has 29 heavy (non-hydrogen) atoms. The van der Waals surface area contributed by atoms with E-state index in [1.54, 1.807) is 7.11 Å². The van der Waals surface area contributed by atoms with Crippen LogP contribution in [0.1, 0.15) is 117 Å². The second kappa shape index (κ2) is 21.6. The smallest absolute Gasteiger partial charge is 0.306 e. The van der Waals surface area contributed by atoms with Crippen LogP contribution in [-0.4, -0.2) is 38.2 Å². The topological polar surface area (TPSA) is 64.6 Å². The van der Waals surface area contributed by atoms with Gasteiger partial charge in [-0.15, -0.1) is 0 Å². The first-order chi connectivity index (χ1) is 14.1. The van der Waals surface area contributed by atoms with Crippen LogP contribution in [0.15, 0.2) is 0 Å². The van der Waals surface area contributed by atoms with Gasteiger partial charge in [0.2, 0.25) is 5.91 Å². The van der Waals surface area contributed by atoms with Crippen molar-refractivity contribution in [3.05, 3.63) is 0 Å². The molecule has 1 N–H and O–H groups in total. The Morgan fingerprint density at radius 1 is 0.724 bits per heavy atom. The molecule has 0 heterocycles. The predicted octanol–water partition coefficient (Wildman–Crippen LogP) is 5.94. The van der Waals surface area contributed by atoms with Crippen LogP contribution in [0.2, 0.25) is 0 Å². The maximum absolute atomic E-state index is 12.0. The third kappa shape index (κ3) is 20.0. The van der Waals surface area contributed by atoms with Gasteiger partial charge in [0.15, 0.2) is 0 Å². The van der Waals surface area contributed by atoms with E-state index in [-0.39, 0.29) is 11.9 Å². The van der Waals surface area contributed by atoms with Gasteiger partial charge in [-0.25, -0.2) is 0 Å². The van der Waals surface area contributed by atoms with Crippen LogP contribution < -0.4 is 5.32 Å². The van der Waals surface area contributed by atoms with E-state index >= 15 is 0 Å². The lowest BCUT2D eigenvalue weighted by Crippen LogP contribution is -2.37. The van der Waals surface area contributed by atoms with Crippen molar-refractivity contribution < 1.29 is 19.1 Å². The molecule has 0 fully saturated rings. The van der Waals surface area contributed by atoms with E-state index in [1.807, 2.05) is 0 Å². The van der Waals surface area contributed by atoms with Crippen LogP contribution in [0, 0.1) is 0 Å². The first kappa shape index (κ1) is 27.9. The lowest BCUT2D eigenvalue weighted by molar-refractivity contribution is -0.152. The zero-order chi connectivity index (χ0) is 21.6. The van der Waals surface area contributed by atoms with Gasteiger partial charge in [0, 0.05) is 20.0 Å². The zero-order valence-electron chi connectivity index (χ0n) is 19.4. The van der Waals surface area contributed by atoms with Gasteiger partial charge in [0.1, 0.15) is 6.10 Å². The fourth-order valence-electron chi connectivity index (χ4n) is 3.35. The van der Waals surface area contributed by atoms with Gasteiger partial charge in [-0.1, -0.05) is 90.9 Å². The quantitative estimate of drug-likeness (QED) is 0.187. The van der Waals surface area contributed by atoms with Crippen molar-refractivity contribution in [3.8, 4) is 0 Å². The molecular weight excluding hydrogens is 366 g/mol. The van der Waals surface area contributed by atoms with E-state index in [2.05, 4.69) is 19.2 Å². The monoisotopic (exact) mass is 413 g/mol. The number of nitrogens with one attached hydrogen (secondary N) is 1. The molecule has 5 nitrogen and oxygen atoms in total. The Bertz CT molecular complexity index is 387. The lowest BCUT2D eigenvalue weighted by Gasteiger charge is -2.18. The molecule has 0 aromatic carbocycles. The lowest BCUT2D eigenvalue weighted by atomic mass is 10.1. The highest BCUT2D eigenvalue weighted by Gasteiger charge is 2.15. The van der Waals surface area contributed by atoms with Crippen molar-refractivity contribution in [2.75, 3.05) is 20.3 Å². The number of hydrogen-bond donors (Lipinski definition) is 1. The highest BCUT2D eigenvalue weighted by atomic mass is 16.6. The number of hydrogen-bond acceptors (Lipinski definition) is 4. The van der Waals surface area contributed by atoms with Crippen LogP contribution in [0.3, 0.4) is 0 Å². The molecule has 0 saturated carbocycles. The predicted molar refractivity (Wildman–Crippen MR) is 120 cm³/mol. The first-order valence-corrected chi connectivity index (χ1v) is 12.1. The van der Waals surface area contributed by atoms with E-state index in [1.165, 1.54) is 64.2 Å². The second-order valence-electron chi connectivity index (χ2n) is 8.11. The summed E-state index contributed by atoms with van der Waals surface area (Å²) >= 11 is 0. The average Bonchev–Trinajstić information content (AvgIpc) is 2.71. The number of unbranched alkanes of at least 4 members (excludes halogenated alkanes) is 12. The summed E-state index contributed by atoms with van der Waals surface area (Å²) in [6, 6.07) is 0. The van der Waals surface area contributed by atoms with Crippen molar-refractivity contribution in [2.45, 2.75) is 123 Å². The minimum atomic E-state index is -0.407. The van der Waals surface area contributed by atoms with Crippen molar-refractivity contribution >= 4 is 11.9 Å². The van der Waals surface area contributed by atoms with Crippen LogP contribution in [-0.2, 0) is 19.1 Å². The largest absolute Gasteiger partial charge is 0.458 e. The summed E-state index contributed by atoms with van der Waals surface area (Å²) in [7, 11) is 1.58. The van der Waals surface area contributed by atoms with E-state index in [4.69, 9.17) is 9.47 Å². The molecule has 0 aliphatic carbocycles. The number of methoxy groups -OCH3 is 1. The summed E-state index contributed by atoms with van der Waals surface area (Å²) in [6.45, 7) is 5.06. The van der Waals surface area contributed by atoms with Gasteiger partial charge in [-0.2, -0.15) is 0 Å². The summed E-state index contributed by atoms with van der Waals surface area (Å²) in [5.41, 5.74) is 0. The summed E-state index contributed by atoms with van der Waals surface area (Å²) < 4.78 is 10.6. The number of ether oxygens (including phenoxy) is 2. The molecule has 0 rings (SSSR count). The van der Waals surface area contributed by atoms with Gasteiger partial charge < -0.3 is 14.8 Å². The molecule has 172 valence electrons. The Hall–Kier alpha value is -1.10. The van der Waals surface area contributed by atoms with Crippen LogP contribution in [0.25, 0.3) is 0 Å². The Kier molecular flexibility index (Phi) is 20.8. The third-order valence-corrected chi connectivity index (χ3v) is 5.17. The van der Waals surface area contributed by atoms with E-state index in [9.17, 15) is 9.59 Å². The highest BCUT2D eigenvalue weighted by molar-refractivity contribution is 5.76. The minimum Gasteiger partial charge on any atom is -0.458 e. The molecule has 0 spiro atoms. The highest BCUT2D eigenvalue weighted by Crippen LogP contribution is 2.10. The number of amides is 1. The molecule has 0 aliphatic rings. The third-order valence-electron chi connectivity index (χ3n) is 5.17. The van der Waals surface area contributed by atoms with Crippen LogP contribution in [0.4, 0.5) is 0 Å². The summed E-state index contributed by atoms with van der Waals surface area (Å²) in [5, 5.41) is 2.88. The normalized spacial score (nSPS) is 12.0. The number of esters is 1. The summed E-state index contributed by atoms with van der Waals surface area (Å²) in [5.74, 6) is -0.162. The maximum Gasteiger partial charge on any atom is 0.306 e. The molecule has 0 unspecified atom stereocenters. The van der Waals surface area contributed by atoms with Crippen molar-refractivity contribution in [2.24, 2.45) is 0 Å². The average molecular weight is 414 g/mol. The number of carbonyl (C=O) groups excluding carboxylic acids is 2. The fourth-order valence-corrected chi connectivity index (χ4v) is 3.35. The molecule has 0 bridgehead atoms. The van der Waals surface area contributed by atoms with Gasteiger partial charge in [0.25, 0.3) is 0 Å². The SMILES string of the molecule is CCCCCCCCCC(=O)NC[C@@H](COC)OC(=O)CCCCCCCCC. The van der Waals surface area contributed by atoms with Crippen LogP contribution >= 0.6 is 0 Å².